The summed E-state index contributed by atoms with van der Waals surface area (Å²) in [6.07, 6.45) is 0. The minimum Gasteiger partial charge on any atom is -0.232 e. The largest absolute Gasteiger partial charge is 0.232 e. The van der Waals surface area contributed by atoms with E-state index in [1.165, 1.54) is 11.3 Å². The summed E-state index contributed by atoms with van der Waals surface area (Å²) in [4.78, 5) is 0. The Morgan fingerprint density at radius 3 is 2.78 bits per heavy atom. The number of thiophene rings is 1. The molecule has 1 aromatic rings. The van der Waals surface area contributed by atoms with Crippen molar-refractivity contribution in [3.63, 3.8) is 0 Å². The van der Waals surface area contributed by atoms with Gasteiger partial charge in [-0.05, 0) is 22.4 Å². The molecule has 0 N–H and O–H groups in total. The number of hydrogen-bond donors (Lipinski definition) is 1. The fraction of sp³-hybridized carbons (Fsp3) is 0.200. The van der Waals surface area contributed by atoms with Gasteiger partial charge < -0.3 is 0 Å². The van der Waals surface area contributed by atoms with Gasteiger partial charge in [0.15, 0.2) is 0 Å². The minimum absolute atomic E-state index is 0.179. The molecule has 9 heavy (non-hydrogen) atoms. The van der Waals surface area contributed by atoms with E-state index in [1.54, 1.807) is 0 Å². The molecule has 0 fully saturated rings. The lowest BCUT2D eigenvalue weighted by Crippen LogP contribution is -1.80. The fourth-order valence-electron chi connectivity index (χ4n) is 0.532. The molecular weight excluding hydrogens is 156 g/mol. The maximum absolute atomic E-state index is 10.1. The van der Waals surface area contributed by atoms with E-state index in [0.717, 1.165) is 5.56 Å². The van der Waals surface area contributed by atoms with Gasteiger partial charge in [0.2, 0.25) is 0 Å². The van der Waals surface area contributed by atoms with E-state index in [1.807, 2.05) is 16.8 Å². The third-order valence-electron chi connectivity index (χ3n) is 0.892. The minimum atomic E-state index is -2.24. The monoisotopic (exact) mass is 162 g/mol. The molecule has 0 aliphatic heterocycles. The standard InChI is InChI=1S/C5H6O2S2/c6-9(7)4-5-1-2-8-3-5/h1-3,9H,4H2. The second-order valence-electron chi connectivity index (χ2n) is 1.62. The van der Waals surface area contributed by atoms with Crippen molar-refractivity contribution in [2.75, 3.05) is 0 Å². The maximum atomic E-state index is 10.1. The average Bonchev–Trinajstić information content (AvgIpc) is 2.15. The third-order valence-corrected chi connectivity index (χ3v) is 2.25. The highest BCUT2D eigenvalue weighted by Crippen LogP contribution is 2.05. The molecule has 0 saturated heterocycles. The molecule has 0 aliphatic carbocycles. The van der Waals surface area contributed by atoms with Crippen molar-refractivity contribution in [1.29, 1.82) is 0 Å². The Kier molecular flexibility index (Phi) is 2.24. The van der Waals surface area contributed by atoms with Gasteiger partial charge in [-0.25, -0.2) is 8.42 Å². The Labute approximate surface area is 59.1 Å². The Bertz CT molecular complexity index is 227. The van der Waals surface area contributed by atoms with Crippen LogP contribution in [0.1, 0.15) is 5.56 Å². The molecule has 0 unspecified atom stereocenters. The Balaban J connectivity index is 2.68. The molecular formula is C5H6O2S2. The molecule has 1 rings (SSSR count). The topological polar surface area (TPSA) is 34.1 Å². The number of thiol groups is 1. The molecule has 0 radical (unpaired) electrons. The fourth-order valence-corrected chi connectivity index (χ4v) is 1.82. The molecule has 0 aromatic carbocycles. The number of hydrogen-bond acceptors (Lipinski definition) is 3. The average molecular weight is 162 g/mol. The van der Waals surface area contributed by atoms with E-state index < -0.39 is 10.7 Å². The smallest absolute Gasteiger partial charge is 0.144 e. The highest BCUT2D eigenvalue weighted by molar-refractivity contribution is 7.71. The van der Waals surface area contributed by atoms with E-state index in [2.05, 4.69) is 0 Å². The predicted molar refractivity (Wildman–Crippen MR) is 38.3 cm³/mol. The molecule has 0 spiro atoms. The van der Waals surface area contributed by atoms with Gasteiger partial charge in [0, 0.05) is 0 Å². The van der Waals surface area contributed by atoms with Gasteiger partial charge in [-0.1, -0.05) is 0 Å². The quantitative estimate of drug-likeness (QED) is 0.654. The van der Waals surface area contributed by atoms with Crippen LogP contribution in [0.15, 0.2) is 16.8 Å². The molecule has 0 amide bonds. The summed E-state index contributed by atoms with van der Waals surface area (Å²) in [7, 11) is -2.24. The van der Waals surface area contributed by atoms with Crippen molar-refractivity contribution in [2.45, 2.75) is 5.75 Å². The molecule has 0 saturated carbocycles. The molecule has 0 bridgehead atoms. The van der Waals surface area contributed by atoms with Crippen LogP contribution in [0.4, 0.5) is 0 Å². The summed E-state index contributed by atoms with van der Waals surface area (Å²) < 4.78 is 20.2. The highest BCUT2D eigenvalue weighted by Gasteiger charge is 1.91. The molecule has 1 heterocycles. The summed E-state index contributed by atoms with van der Waals surface area (Å²) in [6, 6.07) is 1.82. The first-order valence-electron chi connectivity index (χ1n) is 2.42. The maximum Gasteiger partial charge on any atom is 0.144 e. The van der Waals surface area contributed by atoms with Crippen molar-refractivity contribution in [3.05, 3.63) is 22.4 Å². The van der Waals surface area contributed by atoms with Crippen LogP contribution in [0, 0.1) is 0 Å². The second-order valence-corrected chi connectivity index (χ2v) is 3.38. The summed E-state index contributed by atoms with van der Waals surface area (Å²) in [5.74, 6) is 0.179. The summed E-state index contributed by atoms with van der Waals surface area (Å²) >= 11 is 1.51. The molecule has 0 aliphatic rings. The van der Waals surface area contributed by atoms with Gasteiger partial charge in [0.05, 0.1) is 5.75 Å². The first-order valence-corrected chi connectivity index (χ1v) is 4.72. The van der Waals surface area contributed by atoms with Crippen LogP contribution >= 0.6 is 11.3 Å². The Hall–Kier alpha value is -0.350. The summed E-state index contributed by atoms with van der Waals surface area (Å²) in [5.41, 5.74) is 0.885. The zero-order valence-corrected chi connectivity index (χ0v) is 6.32. The van der Waals surface area contributed by atoms with Gasteiger partial charge in [-0.3, -0.25) is 0 Å². The molecule has 2 nitrogen and oxygen atoms in total. The van der Waals surface area contributed by atoms with Gasteiger partial charge in [0.25, 0.3) is 0 Å². The lowest BCUT2D eigenvalue weighted by Gasteiger charge is -1.80. The van der Waals surface area contributed by atoms with Gasteiger partial charge in [-0.15, -0.1) is 0 Å². The SMILES string of the molecule is O=[SH](=O)Cc1ccsc1. The van der Waals surface area contributed by atoms with Crippen molar-refractivity contribution in [1.82, 2.24) is 0 Å². The van der Waals surface area contributed by atoms with Crippen molar-refractivity contribution in [3.8, 4) is 0 Å². The highest BCUT2D eigenvalue weighted by atomic mass is 32.2. The van der Waals surface area contributed by atoms with Crippen LogP contribution in [0.5, 0.6) is 0 Å². The Morgan fingerprint density at radius 2 is 2.33 bits per heavy atom. The van der Waals surface area contributed by atoms with Gasteiger partial charge in [0.1, 0.15) is 10.7 Å². The summed E-state index contributed by atoms with van der Waals surface area (Å²) in [6.45, 7) is 0. The summed E-state index contributed by atoms with van der Waals surface area (Å²) in [5, 5.41) is 3.71. The Morgan fingerprint density at radius 1 is 1.56 bits per heavy atom. The second kappa shape index (κ2) is 2.98. The van der Waals surface area contributed by atoms with E-state index in [0.29, 0.717) is 0 Å². The van der Waals surface area contributed by atoms with Crippen molar-refractivity contribution < 1.29 is 8.42 Å². The third kappa shape index (κ3) is 2.15. The molecule has 0 atom stereocenters. The first-order chi connectivity index (χ1) is 4.29. The zero-order chi connectivity index (χ0) is 6.69. The van der Waals surface area contributed by atoms with Crippen LogP contribution in [0.25, 0.3) is 0 Å². The number of rotatable bonds is 2. The molecule has 1 aromatic heterocycles. The first kappa shape index (κ1) is 6.77. The van der Waals surface area contributed by atoms with E-state index in [9.17, 15) is 8.42 Å². The van der Waals surface area contributed by atoms with Gasteiger partial charge in [-0.2, -0.15) is 11.3 Å². The lowest BCUT2D eigenvalue weighted by atomic mass is 10.4. The van der Waals surface area contributed by atoms with Crippen molar-refractivity contribution >= 4 is 22.0 Å². The lowest BCUT2D eigenvalue weighted by molar-refractivity contribution is 0.614. The van der Waals surface area contributed by atoms with Crippen LogP contribution in [0.3, 0.4) is 0 Å². The predicted octanol–water partition coefficient (Wildman–Crippen LogP) is 0.860. The van der Waals surface area contributed by atoms with Crippen molar-refractivity contribution in [2.24, 2.45) is 0 Å². The normalized spacial score (nSPS) is 10.3. The molecule has 50 valence electrons. The van der Waals surface area contributed by atoms with Crippen LogP contribution in [-0.2, 0) is 16.5 Å². The van der Waals surface area contributed by atoms with Crippen LogP contribution in [-0.4, -0.2) is 8.42 Å². The van der Waals surface area contributed by atoms with Crippen LogP contribution in [0.2, 0.25) is 0 Å². The van der Waals surface area contributed by atoms with E-state index in [-0.39, 0.29) is 5.75 Å². The van der Waals surface area contributed by atoms with Gasteiger partial charge >= 0.3 is 0 Å². The zero-order valence-electron chi connectivity index (χ0n) is 4.61. The van der Waals surface area contributed by atoms with E-state index in [4.69, 9.17) is 0 Å². The van der Waals surface area contributed by atoms with E-state index >= 15 is 0 Å². The van der Waals surface area contributed by atoms with Crippen LogP contribution < -0.4 is 0 Å². The molecule has 4 heteroatoms.